The van der Waals surface area contributed by atoms with Gasteiger partial charge >= 0.3 is 6.18 Å². The summed E-state index contributed by atoms with van der Waals surface area (Å²) in [7, 11) is -4.12. The number of hydrogen-bond donors (Lipinski definition) is 1. The van der Waals surface area contributed by atoms with Crippen LogP contribution in [0.15, 0.2) is 36.4 Å². The third kappa shape index (κ3) is 5.27. The molecule has 1 amide bonds. The quantitative estimate of drug-likeness (QED) is 0.640. The molecular formula is C22H24ClF3N2O3S. The van der Waals surface area contributed by atoms with Crippen LogP contribution in [0.5, 0.6) is 0 Å². The van der Waals surface area contributed by atoms with Crippen molar-refractivity contribution in [3.63, 3.8) is 0 Å². The second kappa shape index (κ2) is 9.03. The number of hydrogen-bond acceptors (Lipinski definition) is 3. The summed E-state index contributed by atoms with van der Waals surface area (Å²) in [4.78, 5) is 14.6. The molecule has 0 radical (unpaired) electrons. The summed E-state index contributed by atoms with van der Waals surface area (Å²) in [6.45, 7) is 3.54. The monoisotopic (exact) mass is 488 g/mol. The third-order valence-electron chi connectivity index (χ3n) is 5.63. The van der Waals surface area contributed by atoms with Crippen molar-refractivity contribution < 1.29 is 26.4 Å². The summed E-state index contributed by atoms with van der Waals surface area (Å²) in [5.74, 6) is -0.717. The van der Waals surface area contributed by atoms with E-state index in [9.17, 15) is 26.4 Å². The van der Waals surface area contributed by atoms with Crippen LogP contribution in [0.4, 0.5) is 18.9 Å². The zero-order valence-electron chi connectivity index (χ0n) is 17.6. The molecule has 2 atom stereocenters. The van der Waals surface area contributed by atoms with Gasteiger partial charge in [-0.3, -0.25) is 4.79 Å². The summed E-state index contributed by atoms with van der Waals surface area (Å²) in [5, 5.41) is 4.12. The maximum absolute atomic E-state index is 13.9. The summed E-state index contributed by atoms with van der Waals surface area (Å²) in [6, 6.07) is 7.03. The molecule has 0 bridgehead atoms. The third-order valence-corrected chi connectivity index (χ3v) is 7.26. The van der Waals surface area contributed by atoms with Crippen LogP contribution < -0.4 is 10.0 Å². The molecule has 0 aliphatic heterocycles. The van der Waals surface area contributed by atoms with Crippen molar-refractivity contribution in [2.24, 2.45) is 5.14 Å². The molecule has 32 heavy (non-hydrogen) atoms. The Morgan fingerprint density at radius 3 is 2.22 bits per heavy atom. The number of amides is 1. The standard InChI is InChI=1S/C22H24ClF3N2O3S/c1-13-9-14(2)11-15(10-13)21(29)28(19-5-3-4-6-20(19)32(27,30)31)18-8-7-16(23)12-17(18)22(24,25)26/h7-12,19-20H,3-6H2,1-2H3,(H2,27,30,31). The lowest BCUT2D eigenvalue weighted by molar-refractivity contribution is -0.137. The number of rotatable bonds is 4. The van der Waals surface area contributed by atoms with E-state index in [1.165, 1.54) is 6.07 Å². The Kier molecular flexibility index (Phi) is 6.93. The van der Waals surface area contributed by atoms with Crippen molar-refractivity contribution in [2.75, 3.05) is 4.90 Å². The van der Waals surface area contributed by atoms with Gasteiger partial charge in [0, 0.05) is 10.6 Å². The fourth-order valence-electron chi connectivity index (χ4n) is 4.38. The van der Waals surface area contributed by atoms with Gasteiger partial charge in [-0.25, -0.2) is 13.6 Å². The number of nitrogens with zero attached hydrogens (tertiary/aromatic N) is 1. The predicted octanol–water partition coefficient (Wildman–Crippen LogP) is 5.22. The topological polar surface area (TPSA) is 80.5 Å². The van der Waals surface area contributed by atoms with Crippen LogP contribution in [0.3, 0.4) is 0 Å². The van der Waals surface area contributed by atoms with Crippen molar-refractivity contribution >= 4 is 33.2 Å². The maximum atomic E-state index is 13.9. The number of aryl methyl sites for hydroxylation is 2. The minimum Gasteiger partial charge on any atom is -0.303 e. The summed E-state index contributed by atoms with van der Waals surface area (Å²) < 4.78 is 66.5. The average molecular weight is 489 g/mol. The Labute approximate surface area is 190 Å². The summed E-state index contributed by atoms with van der Waals surface area (Å²) >= 11 is 5.83. The van der Waals surface area contributed by atoms with Crippen molar-refractivity contribution in [3.8, 4) is 0 Å². The molecule has 1 aliphatic carbocycles. The fraction of sp³-hybridized carbons (Fsp3) is 0.409. The van der Waals surface area contributed by atoms with Gasteiger partial charge < -0.3 is 4.90 Å². The van der Waals surface area contributed by atoms with Crippen LogP contribution in [0.2, 0.25) is 5.02 Å². The SMILES string of the molecule is Cc1cc(C)cc(C(=O)N(c2ccc(Cl)cc2C(F)(F)F)C2CCCCC2S(N)(=O)=O)c1. The van der Waals surface area contributed by atoms with Gasteiger partial charge in [-0.2, -0.15) is 13.2 Å². The van der Waals surface area contributed by atoms with Crippen molar-refractivity contribution in [1.29, 1.82) is 0 Å². The second-order valence-electron chi connectivity index (χ2n) is 8.19. The molecular weight excluding hydrogens is 465 g/mol. The normalized spacial score (nSPS) is 19.6. The highest BCUT2D eigenvalue weighted by molar-refractivity contribution is 7.89. The van der Waals surface area contributed by atoms with E-state index in [4.69, 9.17) is 16.7 Å². The van der Waals surface area contributed by atoms with Gasteiger partial charge in [0.25, 0.3) is 5.91 Å². The van der Waals surface area contributed by atoms with Crippen molar-refractivity contribution in [2.45, 2.75) is 57.0 Å². The molecule has 10 heteroatoms. The largest absolute Gasteiger partial charge is 0.418 e. The van der Waals surface area contributed by atoms with Gasteiger partial charge in [0.05, 0.1) is 22.5 Å². The Hall–Kier alpha value is -2.10. The average Bonchev–Trinajstić information content (AvgIpc) is 2.67. The molecule has 2 unspecified atom stereocenters. The molecule has 1 aliphatic rings. The minimum atomic E-state index is -4.81. The second-order valence-corrected chi connectivity index (χ2v) is 10.4. The van der Waals surface area contributed by atoms with E-state index in [0.717, 1.165) is 28.2 Å². The number of carbonyl (C=O) groups excluding carboxylic acids is 1. The van der Waals surface area contributed by atoms with Crippen LogP contribution >= 0.6 is 11.6 Å². The molecule has 0 spiro atoms. The minimum absolute atomic E-state index is 0.147. The smallest absolute Gasteiger partial charge is 0.303 e. The lowest BCUT2D eigenvalue weighted by atomic mass is 9.91. The van der Waals surface area contributed by atoms with Crippen LogP contribution in [0.1, 0.15) is 52.7 Å². The Morgan fingerprint density at radius 1 is 1.06 bits per heavy atom. The van der Waals surface area contributed by atoms with Gasteiger partial charge in [-0.15, -0.1) is 0 Å². The molecule has 0 heterocycles. The van der Waals surface area contributed by atoms with Crippen LogP contribution in [0.25, 0.3) is 0 Å². The van der Waals surface area contributed by atoms with Crippen LogP contribution in [-0.4, -0.2) is 25.6 Å². The Morgan fingerprint density at radius 2 is 1.66 bits per heavy atom. The van der Waals surface area contributed by atoms with E-state index in [-0.39, 0.29) is 23.4 Å². The highest BCUT2D eigenvalue weighted by Gasteiger charge is 2.43. The molecule has 2 aromatic carbocycles. The van der Waals surface area contributed by atoms with E-state index < -0.39 is 44.6 Å². The Bertz CT molecular complexity index is 1120. The number of benzene rings is 2. The molecule has 1 saturated carbocycles. The van der Waals surface area contributed by atoms with Gasteiger partial charge in [0.1, 0.15) is 0 Å². The lowest BCUT2D eigenvalue weighted by Crippen LogP contribution is -2.53. The van der Waals surface area contributed by atoms with E-state index in [0.29, 0.717) is 12.8 Å². The highest BCUT2D eigenvalue weighted by Crippen LogP contribution is 2.41. The van der Waals surface area contributed by atoms with E-state index >= 15 is 0 Å². The first-order chi connectivity index (χ1) is 14.8. The van der Waals surface area contributed by atoms with Crippen LogP contribution in [0, 0.1) is 13.8 Å². The van der Waals surface area contributed by atoms with E-state index in [1.54, 1.807) is 26.0 Å². The first kappa shape index (κ1) is 24.5. The molecule has 2 aromatic rings. The van der Waals surface area contributed by atoms with E-state index in [1.807, 2.05) is 6.07 Å². The molecule has 174 valence electrons. The maximum Gasteiger partial charge on any atom is 0.418 e. The molecule has 0 saturated heterocycles. The zero-order chi connectivity index (χ0) is 23.8. The number of anilines is 1. The number of sulfonamides is 1. The van der Waals surface area contributed by atoms with Crippen LogP contribution in [-0.2, 0) is 16.2 Å². The molecule has 1 fully saturated rings. The zero-order valence-corrected chi connectivity index (χ0v) is 19.2. The van der Waals surface area contributed by atoms with Gasteiger partial charge in [-0.1, -0.05) is 41.6 Å². The summed E-state index contributed by atoms with van der Waals surface area (Å²) in [5.41, 5.74) is 0.136. The van der Waals surface area contributed by atoms with Gasteiger partial charge in [-0.05, 0) is 57.0 Å². The number of halogens is 4. The first-order valence-corrected chi connectivity index (χ1v) is 12.1. The predicted molar refractivity (Wildman–Crippen MR) is 118 cm³/mol. The first-order valence-electron chi connectivity index (χ1n) is 10.1. The van der Waals surface area contributed by atoms with Crippen molar-refractivity contribution in [3.05, 3.63) is 63.7 Å². The van der Waals surface area contributed by atoms with E-state index in [2.05, 4.69) is 0 Å². The fourth-order valence-corrected chi connectivity index (χ4v) is 5.74. The summed E-state index contributed by atoms with van der Waals surface area (Å²) in [6.07, 6.45) is -3.34. The Balaban J connectivity index is 2.26. The van der Waals surface area contributed by atoms with Gasteiger partial charge in [0.2, 0.25) is 10.0 Å². The number of nitrogens with two attached hydrogens (primary N) is 1. The molecule has 5 nitrogen and oxygen atoms in total. The lowest BCUT2D eigenvalue weighted by Gasteiger charge is -2.40. The number of alkyl halides is 3. The molecule has 0 aromatic heterocycles. The molecule has 3 rings (SSSR count). The number of carbonyl (C=O) groups is 1. The van der Waals surface area contributed by atoms with Crippen molar-refractivity contribution in [1.82, 2.24) is 0 Å². The van der Waals surface area contributed by atoms with Gasteiger partial charge in [0.15, 0.2) is 0 Å². The highest BCUT2D eigenvalue weighted by atomic mass is 35.5. The number of primary sulfonamides is 1. The molecule has 2 N–H and O–H groups in total.